The third-order valence-electron chi connectivity index (χ3n) is 6.79. The molecule has 200 valence electrons. The van der Waals surface area contributed by atoms with Crippen LogP contribution in [0.2, 0.25) is 5.02 Å². The maximum atomic E-state index is 10.9. The van der Waals surface area contributed by atoms with Crippen molar-refractivity contribution in [2.75, 3.05) is 31.9 Å². The van der Waals surface area contributed by atoms with Crippen molar-refractivity contribution in [1.82, 2.24) is 29.7 Å². The van der Waals surface area contributed by atoms with Crippen LogP contribution < -0.4 is 11.1 Å². The van der Waals surface area contributed by atoms with Crippen molar-refractivity contribution in [3.05, 3.63) is 83.4 Å². The van der Waals surface area contributed by atoms with Crippen LogP contribution in [0, 0.1) is 0 Å². The Hall–Kier alpha value is -3.12. The van der Waals surface area contributed by atoms with Gasteiger partial charge in [0.15, 0.2) is 17.7 Å². The number of halogens is 1. The van der Waals surface area contributed by atoms with Crippen molar-refractivity contribution in [3.8, 4) is 0 Å². The van der Waals surface area contributed by atoms with Crippen LogP contribution in [0.15, 0.2) is 67.3 Å². The molecule has 5 rings (SSSR count). The van der Waals surface area contributed by atoms with Gasteiger partial charge in [-0.05, 0) is 36.2 Å². The molecule has 0 amide bonds. The first-order valence-electron chi connectivity index (χ1n) is 12.7. The molecule has 4 aromatic rings. The van der Waals surface area contributed by atoms with Crippen LogP contribution in [0.1, 0.15) is 17.4 Å². The lowest BCUT2D eigenvalue weighted by Crippen LogP contribution is -2.42. The average Bonchev–Trinajstić information content (AvgIpc) is 3.47. The normalized spacial score (nSPS) is 21.5. The maximum absolute atomic E-state index is 10.9. The Morgan fingerprint density at radius 2 is 1.76 bits per heavy atom. The van der Waals surface area contributed by atoms with E-state index >= 15 is 0 Å². The van der Waals surface area contributed by atoms with Gasteiger partial charge in [-0.25, -0.2) is 15.0 Å². The number of aromatic nitrogens is 4. The van der Waals surface area contributed by atoms with Gasteiger partial charge in [0.1, 0.15) is 30.2 Å². The van der Waals surface area contributed by atoms with Crippen LogP contribution in [0.3, 0.4) is 0 Å². The Morgan fingerprint density at radius 3 is 2.55 bits per heavy atom. The highest BCUT2D eigenvalue weighted by Gasteiger charge is 2.44. The summed E-state index contributed by atoms with van der Waals surface area (Å²) in [7, 11) is 0. The first kappa shape index (κ1) is 26.5. The molecule has 38 heavy (non-hydrogen) atoms. The minimum absolute atomic E-state index is 0.246. The first-order chi connectivity index (χ1) is 18.5. The molecule has 0 spiro atoms. The number of nitrogens with zero attached hydrogens (tertiary/aromatic N) is 5. The van der Waals surface area contributed by atoms with Gasteiger partial charge in [-0.3, -0.25) is 9.47 Å². The number of nitrogens with one attached hydrogen (secondary N) is 1. The van der Waals surface area contributed by atoms with E-state index in [2.05, 4.69) is 37.3 Å². The number of nitrogen functional groups attached to an aromatic ring is 1. The highest BCUT2D eigenvalue weighted by Crippen LogP contribution is 2.32. The van der Waals surface area contributed by atoms with Gasteiger partial charge < -0.3 is 26.0 Å². The monoisotopic (exact) mass is 537 g/mol. The molecule has 2 aromatic carbocycles. The zero-order chi connectivity index (χ0) is 26.5. The summed E-state index contributed by atoms with van der Waals surface area (Å²) in [4.78, 5) is 14.7. The smallest absolute Gasteiger partial charge is 0.167 e. The molecule has 0 radical (unpaired) electrons. The van der Waals surface area contributed by atoms with Gasteiger partial charge in [-0.15, -0.1) is 0 Å². The number of fused-ring (bicyclic) bond motifs is 1. The quantitative estimate of drug-likeness (QED) is 0.212. The van der Waals surface area contributed by atoms with E-state index in [0.717, 1.165) is 36.6 Å². The number of rotatable bonds is 11. The van der Waals surface area contributed by atoms with Gasteiger partial charge in [0.05, 0.1) is 6.33 Å². The summed E-state index contributed by atoms with van der Waals surface area (Å²) >= 11 is 5.98. The number of imidazole rings is 1. The van der Waals surface area contributed by atoms with E-state index in [9.17, 15) is 10.2 Å². The Kier molecular flexibility index (Phi) is 8.48. The molecule has 2 aromatic heterocycles. The average molecular weight is 538 g/mol. The van der Waals surface area contributed by atoms with E-state index < -0.39 is 24.5 Å². The van der Waals surface area contributed by atoms with Crippen LogP contribution in [-0.2, 0) is 17.7 Å². The number of aliphatic hydroxyl groups excluding tert-OH is 2. The first-order valence-corrected chi connectivity index (χ1v) is 13.0. The Morgan fingerprint density at radius 1 is 0.974 bits per heavy atom. The van der Waals surface area contributed by atoms with Gasteiger partial charge >= 0.3 is 0 Å². The molecule has 1 aliphatic heterocycles. The van der Waals surface area contributed by atoms with E-state index in [4.69, 9.17) is 22.1 Å². The lowest BCUT2D eigenvalue weighted by molar-refractivity contribution is -0.0447. The summed E-state index contributed by atoms with van der Waals surface area (Å²) in [5.41, 5.74) is 9.16. The molecule has 1 aliphatic rings. The number of ether oxygens (including phenoxy) is 1. The molecule has 1 saturated heterocycles. The third kappa shape index (κ3) is 6.12. The number of hydrogen-bond acceptors (Lipinski definition) is 9. The maximum Gasteiger partial charge on any atom is 0.167 e. The molecule has 5 N–H and O–H groups in total. The number of anilines is 1. The highest BCUT2D eigenvalue weighted by molar-refractivity contribution is 6.30. The molecule has 0 saturated carbocycles. The second kappa shape index (κ2) is 12.2. The second-order valence-electron chi connectivity index (χ2n) is 9.48. The van der Waals surface area contributed by atoms with Crippen molar-refractivity contribution in [2.24, 2.45) is 0 Å². The van der Waals surface area contributed by atoms with E-state index in [1.807, 2.05) is 42.5 Å². The predicted molar refractivity (Wildman–Crippen MR) is 145 cm³/mol. The van der Waals surface area contributed by atoms with Gasteiger partial charge in [0.2, 0.25) is 0 Å². The Labute approximate surface area is 226 Å². The van der Waals surface area contributed by atoms with Crippen molar-refractivity contribution >= 4 is 28.6 Å². The SMILES string of the molecule is Nc1ncnc2c1ncn2[C@@H]1O[C@H](CN(CCNCCc2ccc(Cl)cc2)Cc2ccccc2)[C@@H](O)[C@H]1O. The molecule has 0 bridgehead atoms. The highest BCUT2D eigenvalue weighted by atomic mass is 35.5. The minimum atomic E-state index is -1.15. The molecule has 11 heteroatoms. The molecule has 4 atom stereocenters. The zero-order valence-electron chi connectivity index (χ0n) is 20.9. The van der Waals surface area contributed by atoms with Gasteiger partial charge in [-0.2, -0.15) is 0 Å². The summed E-state index contributed by atoms with van der Waals surface area (Å²) in [6.45, 7) is 3.46. The van der Waals surface area contributed by atoms with Crippen LogP contribution in [0.5, 0.6) is 0 Å². The summed E-state index contributed by atoms with van der Waals surface area (Å²) in [5.74, 6) is 0.246. The molecule has 1 fully saturated rings. The number of aliphatic hydroxyl groups is 2. The molecule has 10 nitrogen and oxygen atoms in total. The fourth-order valence-electron chi connectivity index (χ4n) is 4.74. The van der Waals surface area contributed by atoms with Crippen LogP contribution in [-0.4, -0.2) is 79.1 Å². The summed E-state index contributed by atoms with van der Waals surface area (Å²) in [6, 6.07) is 18.0. The summed E-state index contributed by atoms with van der Waals surface area (Å²) in [6.07, 6.45) is 0.0749. The Bertz CT molecular complexity index is 1320. The number of hydrogen-bond donors (Lipinski definition) is 4. The summed E-state index contributed by atoms with van der Waals surface area (Å²) < 4.78 is 7.79. The molecular formula is C27H32ClN7O3. The van der Waals surface area contributed by atoms with Gasteiger partial charge in [0.25, 0.3) is 0 Å². The van der Waals surface area contributed by atoms with E-state index in [0.29, 0.717) is 24.3 Å². The van der Waals surface area contributed by atoms with Crippen molar-refractivity contribution in [1.29, 1.82) is 0 Å². The van der Waals surface area contributed by atoms with Crippen LogP contribution in [0.25, 0.3) is 11.2 Å². The number of nitrogens with two attached hydrogens (primary N) is 1. The Balaban J connectivity index is 1.22. The lowest BCUT2D eigenvalue weighted by Gasteiger charge is -2.27. The van der Waals surface area contributed by atoms with E-state index in [1.165, 1.54) is 18.2 Å². The molecule has 0 unspecified atom stereocenters. The standard InChI is InChI=1S/C27H32ClN7O3/c28-20-8-6-18(7-9-20)10-11-30-12-13-34(14-19-4-2-1-3-5-19)15-21-23(36)24(37)27(38-21)35-17-33-22-25(29)31-16-32-26(22)35/h1-9,16-17,21,23-24,27,30,36-37H,10-15H2,(H2,29,31,32)/t21-,23-,24-,27-/m1/s1. The molecular weight excluding hydrogens is 506 g/mol. The van der Waals surface area contributed by atoms with Crippen molar-refractivity contribution in [3.63, 3.8) is 0 Å². The number of benzene rings is 2. The van der Waals surface area contributed by atoms with Crippen molar-refractivity contribution in [2.45, 2.75) is 37.5 Å². The lowest BCUT2D eigenvalue weighted by atomic mass is 10.1. The zero-order valence-corrected chi connectivity index (χ0v) is 21.7. The van der Waals surface area contributed by atoms with Gasteiger partial charge in [0, 0.05) is 31.2 Å². The predicted octanol–water partition coefficient (Wildman–Crippen LogP) is 2.02. The fraction of sp³-hybridized carbons (Fsp3) is 0.370. The summed E-state index contributed by atoms with van der Waals surface area (Å²) in [5, 5.41) is 26.0. The van der Waals surface area contributed by atoms with E-state index in [-0.39, 0.29) is 5.82 Å². The largest absolute Gasteiger partial charge is 0.387 e. The van der Waals surface area contributed by atoms with Crippen LogP contribution in [0.4, 0.5) is 5.82 Å². The minimum Gasteiger partial charge on any atom is -0.387 e. The third-order valence-corrected chi connectivity index (χ3v) is 7.05. The molecule has 0 aliphatic carbocycles. The van der Waals surface area contributed by atoms with Crippen LogP contribution >= 0.6 is 11.6 Å². The second-order valence-corrected chi connectivity index (χ2v) is 9.91. The fourth-order valence-corrected chi connectivity index (χ4v) is 4.87. The molecule has 3 heterocycles. The van der Waals surface area contributed by atoms with E-state index in [1.54, 1.807) is 4.57 Å². The van der Waals surface area contributed by atoms with Gasteiger partial charge in [-0.1, -0.05) is 54.1 Å². The van der Waals surface area contributed by atoms with Crippen molar-refractivity contribution < 1.29 is 14.9 Å². The topological polar surface area (TPSA) is 135 Å².